The number of carbonyl (C=O) groups is 1. The van der Waals surface area contributed by atoms with E-state index in [0.29, 0.717) is 6.42 Å². The number of hydrogen-bond acceptors (Lipinski definition) is 1. The summed E-state index contributed by atoms with van der Waals surface area (Å²) >= 11 is 3.37. The zero-order valence-electron chi connectivity index (χ0n) is 11.4. The Labute approximate surface area is 110 Å². The number of unbranched alkanes of at least 4 members (excludes halogenated alkanes) is 5. The molecule has 0 radical (unpaired) electrons. The van der Waals surface area contributed by atoms with E-state index in [1.165, 1.54) is 25.7 Å². The Balaban J connectivity index is -0.000000376. The van der Waals surface area contributed by atoms with Gasteiger partial charge in [-0.2, -0.15) is 0 Å². The molecular weight excluding hydrogens is 268 g/mol. The summed E-state index contributed by atoms with van der Waals surface area (Å²) in [4.78, 5) is 10.1. The number of carboxylic acid groups (broad SMARTS) is 1. The first-order valence-electron chi connectivity index (χ1n) is 6.55. The normalized spacial score (nSPS) is 8.31. The topological polar surface area (TPSA) is 37.3 Å². The van der Waals surface area contributed by atoms with Gasteiger partial charge in [-0.1, -0.05) is 69.3 Å². The van der Waals surface area contributed by atoms with Crippen molar-refractivity contribution in [3.8, 4) is 0 Å². The van der Waals surface area contributed by atoms with Crippen LogP contribution in [0.5, 0.6) is 0 Å². The lowest BCUT2D eigenvalue weighted by Crippen LogP contribution is -1.93. The molecule has 0 aromatic heterocycles. The SMILES string of the molecule is CC.CC.O=C(O)CCCCCCCCBr. The second-order valence-corrected chi connectivity index (χ2v) is 3.75. The molecule has 0 rings (SSSR count). The van der Waals surface area contributed by atoms with Crippen LogP contribution in [0, 0.1) is 0 Å². The molecule has 0 fully saturated rings. The molecule has 0 amide bonds. The maximum absolute atomic E-state index is 10.1. The molecule has 1 N–H and O–H groups in total. The van der Waals surface area contributed by atoms with Gasteiger partial charge in [0.05, 0.1) is 0 Å². The first-order valence-corrected chi connectivity index (χ1v) is 7.67. The number of carboxylic acids is 1. The van der Waals surface area contributed by atoms with Gasteiger partial charge in [0.25, 0.3) is 0 Å². The third-order valence-electron chi connectivity index (χ3n) is 1.77. The molecule has 0 bridgehead atoms. The standard InChI is InChI=1S/C9H17BrO2.2C2H6/c10-8-6-4-2-1-3-5-7-9(11)12;2*1-2/h1-8H2,(H,11,12);2*1-2H3. The molecule has 0 heterocycles. The van der Waals surface area contributed by atoms with Gasteiger partial charge in [0.1, 0.15) is 0 Å². The van der Waals surface area contributed by atoms with Crippen LogP contribution >= 0.6 is 15.9 Å². The van der Waals surface area contributed by atoms with Gasteiger partial charge in [0.2, 0.25) is 0 Å². The highest BCUT2D eigenvalue weighted by Gasteiger charge is 1.95. The van der Waals surface area contributed by atoms with Crippen molar-refractivity contribution in [3.05, 3.63) is 0 Å². The summed E-state index contributed by atoms with van der Waals surface area (Å²) in [6, 6.07) is 0. The van der Waals surface area contributed by atoms with Gasteiger partial charge in [0, 0.05) is 11.8 Å². The van der Waals surface area contributed by atoms with E-state index in [4.69, 9.17) is 5.11 Å². The van der Waals surface area contributed by atoms with Crippen LogP contribution in [0.15, 0.2) is 0 Å². The molecule has 0 aliphatic rings. The van der Waals surface area contributed by atoms with Crippen LogP contribution in [0.2, 0.25) is 0 Å². The Morgan fingerprint density at radius 1 is 0.875 bits per heavy atom. The van der Waals surface area contributed by atoms with Crippen LogP contribution in [0.4, 0.5) is 0 Å². The lowest BCUT2D eigenvalue weighted by atomic mass is 10.1. The van der Waals surface area contributed by atoms with Crippen LogP contribution in [-0.4, -0.2) is 16.4 Å². The van der Waals surface area contributed by atoms with Crippen molar-refractivity contribution in [2.24, 2.45) is 0 Å². The first kappa shape index (κ1) is 21.3. The van der Waals surface area contributed by atoms with E-state index in [0.717, 1.165) is 18.2 Å². The van der Waals surface area contributed by atoms with E-state index in [1.54, 1.807) is 0 Å². The third kappa shape index (κ3) is 29.2. The van der Waals surface area contributed by atoms with Crippen molar-refractivity contribution in [1.29, 1.82) is 0 Å². The Bertz CT molecular complexity index is 117. The molecule has 0 aromatic carbocycles. The molecule has 16 heavy (non-hydrogen) atoms. The van der Waals surface area contributed by atoms with Crippen molar-refractivity contribution < 1.29 is 9.90 Å². The minimum atomic E-state index is -0.671. The maximum Gasteiger partial charge on any atom is 0.303 e. The predicted molar refractivity (Wildman–Crippen MR) is 76.4 cm³/mol. The van der Waals surface area contributed by atoms with Crippen LogP contribution < -0.4 is 0 Å². The average molecular weight is 297 g/mol. The van der Waals surface area contributed by atoms with Gasteiger partial charge in [-0.3, -0.25) is 4.79 Å². The summed E-state index contributed by atoms with van der Waals surface area (Å²) in [6.07, 6.45) is 7.15. The summed E-state index contributed by atoms with van der Waals surface area (Å²) < 4.78 is 0. The fourth-order valence-corrected chi connectivity index (χ4v) is 1.47. The molecule has 0 saturated carbocycles. The van der Waals surface area contributed by atoms with Crippen molar-refractivity contribution >= 4 is 21.9 Å². The highest BCUT2D eigenvalue weighted by atomic mass is 79.9. The Hall–Kier alpha value is -0.0500. The summed E-state index contributed by atoms with van der Waals surface area (Å²) in [5.41, 5.74) is 0. The Morgan fingerprint density at radius 3 is 1.62 bits per heavy atom. The third-order valence-corrected chi connectivity index (χ3v) is 2.34. The minimum absolute atomic E-state index is 0.332. The van der Waals surface area contributed by atoms with Gasteiger partial charge in [0.15, 0.2) is 0 Å². The van der Waals surface area contributed by atoms with Gasteiger partial charge < -0.3 is 5.11 Å². The molecule has 100 valence electrons. The molecular formula is C13H29BrO2. The number of rotatable bonds is 8. The highest BCUT2D eigenvalue weighted by Crippen LogP contribution is 2.07. The molecule has 2 nitrogen and oxygen atoms in total. The maximum atomic E-state index is 10.1. The number of hydrogen-bond donors (Lipinski definition) is 1. The summed E-state index contributed by atoms with van der Waals surface area (Å²) in [7, 11) is 0. The van der Waals surface area contributed by atoms with Crippen LogP contribution in [0.1, 0.15) is 72.6 Å². The summed E-state index contributed by atoms with van der Waals surface area (Å²) in [5, 5.41) is 9.43. The second-order valence-electron chi connectivity index (χ2n) is 2.95. The molecule has 0 aliphatic heterocycles. The fraction of sp³-hybridized carbons (Fsp3) is 0.923. The van der Waals surface area contributed by atoms with Crippen molar-refractivity contribution in [2.75, 3.05) is 5.33 Å². The molecule has 0 unspecified atom stereocenters. The lowest BCUT2D eigenvalue weighted by molar-refractivity contribution is -0.137. The molecule has 3 heteroatoms. The summed E-state index contributed by atoms with van der Waals surface area (Å²) in [5.74, 6) is -0.671. The minimum Gasteiger partial charge on any atom is -0.481 e. The first-order chi connectivity index (χ1) is 7.77. The van der Waals surface area contributed by atoms with E-state index >= 15 is 0 Å². The largest absolute Gasteiger partial charge is 0.481 e. The van der Waals surface area contributed by atoms with Gasteiger partial charge in [-0.15, -0.1) is 0 Å². The van der Waals surface area contributed by atoms with E-state index in [1.807, 2.05) is 27.7 Å². The van der Waals surface area contributed by atoms with Crippen molar-refractivity contribution in [3.63, 3.8) is 0 Å². The van der Waals surface area contributed by atoms with Gasteiger partial charge >= 0.3 is 5.97 Å². The second kappa shape index (κ2) is 24.3. The van der Waals surface area contributed by atoms with Gasteiger partial charge in [-0.25, -0.2) is 0 Å². The smallest absolute Gasteiger partial charge is 0.303 e. The Morgan fingerprint density at radius 2 is 1.25 bits per heavy atom. The fourth-order valence-electron chi connectivity index (χ4n) is 1.08. The van der Waals surface area contributed by atoms with E-state index in [2.05, 4.69) is 15.9 Å². The zero-order chi connectivity index (χ0) is 13.2. The van der Waals surface area contributed by atoms with Crippen LogP contribution in [0.3, 0.4) is 0 Å². The monoisotopic (exact) mass is 296 g/mol. The zero-order valence-corrected chi connectivity index (χ0v) is 13.0. The molecule has 0 saturated heterocycles. The van der Waals surface area contributed by atoms with Crippen LogP contribution in [-0.2, 0) is 4.79 Å². The molecule has 0 aliphatic carbocycles. The molecule has 0 aromatic rings. The van der Waals surface area contributed by atoms with Crippen molar-refractivity contribution in [1.82, 2.24) is 0 Å². The van der Waals surface area contributed by atoms with Gasteiger partial charge in [-0.05, 0) is 12.8 Å². The molecule has 0 spiro atoms. The lowest BCUT2D eigenvalue weighted by Gasteiger charge is -1.98. The average Bonchev–Trinajstić information content (AvgIpc) is 2.33. The van der Waals surface area contributed by atoms with Crippen molar-refractivity contribution in [2.45, 2.75) is 72.6 Å². The highest BCUT2D eigenvalue weighted by molar-refractivity contribution is 9.09. The molecule has 0 atom stereocenters. The quantitative estimate of drug-likeness (QED) is 0.491. The van der Waals surface area contributed by atoms with Crippen LogP contribution in [0.25, 0.3) is 0 Å². The number of alkyl halides is 1. The number of halogens is 1. The number of aliphatic carboxylic acids is 1. The predicted octanol–water partition coefficient (Wildman–Crippen LogP) is 5.25. The van der Waals surface area contributed by atoms with E-state index in [-0.39, 0.29) is 0 Å². The van der Waals surface area contributed by atoms with E-state index < -0.39 is 5.97 Å². The Kier molecular flexibility index (Phi) is 32.2. The summed E-state index contributed by atoms with van der Waals surface area (Å²) in [6.45, 7) is 8.00. The van der Waals surface area contributed by atoms with E-state index in [9.17, 15) is 4.79 Å².